The van der Waals surface area contributed by atoms with Crippen LogP contribution in [-0.2, 0) is 4.79 Å². The fourth-order valence-electron chi connectivity index (χ4n) is 1.65. The number of carbonyl (C=O) groups excluding carboxylic acids is 1. The zero-order valence-corrected chi connectivity index (χ0v) is 11.9. The van der Waals surface area contributed by atoms with Crippen molar-refractivity contribution in [2.45, 2.75) is 27.2 Å². The van der Waals surface area contributed by atoms with Crippen molar-refractivity contribution in [3.05, 3.63) is 54.1 Å². The van der Waals surface area contributed by atoms with Gasteiger partial charge in [0.25, 0.3) is 0 Å². The largest absolute Gasteiger partial charge is 0.300 e. The Balaban J connectivity index is 0.000000471. The summed E-state index contributed by atoms with van der Waals surface area (Å²) in [7, 11) is 0. The molecule has 0 aliphatic rings. The summed E-state index contributed by atoms with van der Waals surface area (Å²) in [6, 6.07) is 12.7. The van der Waals surface area contributed by atoms with Gasteiger partial charge >= 0.3 is 0 Å². The number of Topliss-reactive ketones (excluding diaryl/α,β-unsaturated/α-hetero) is 1. The van der Waals surface area contributed by atoms with Crippen LogP contribution in [-0.4, -0.2) is 14.2 Å². The first-order valence-corrected chi connectivity index (χ1v) is 6.20. The summed E-state index contributed by atoms with van der Waals surface area (Å²) in [6.07, 6.45) is 2.57. The third kappa shape index (κ3) is 4.74. The zero-order chi connectivity index (χ0) is 13.5. The lowest BCUT2D eigenvalue weighted by Crippen LogP contribution is -1.81. The molecule has 1 nitrogen and oxygen atoms in total. The quantitative estimate of drug-likeness (QED) is 0.723. The molecule has 0 fully saturated rings. The highest BCUT2D eigenvalue weighted by molar-refractivity contribution is 5.92. The minimum atomic E-state index is 0. The van der Waals surface area contributed by atoms with Crippen molar-refractivity contribution >= 4 is 31.0 Å². The molecule has 0 aliphatic heterocycles. The minimum Gasteiger partial charge on any atom is -0.300 e. The molecule has 0 aromatic heterocycles. The Morgan fingerprint density at radius 2 is 1.68 bits per heavy atom. The summed E-state index contributed by atoms with van der Waals surface area (Å²) < 4.78 is 0. The Bertz CT molecular complexity index is 558. The van der Waals surface area contributed by atoms with Crippen LogP contribution in [0.15, 0.2) is 43.0 Å². The molecule has 2 heteroatoms. The van der Waals surface area contributed by atoms with Crippen LogP contribution in [0.25, 0.3) is 16.8 Å². The Morgan fingerprint density at radius 1 is 1.16 bits per heavy atom. The number of aryl methyl sites for hydroxylation is 1. The normalized spacial score (nSPS) is 9.00. The summed E-state index contributed by atoms with van der Waals surface area (Å²) in [5.41, 5.74) is 2.53. The van der Waals surface area contributed by atoms with Crippen LogP contribution in [0.1, 0.15) is 31.4 Å². The van der Waals surface area contributed by atoms with Crippen LogP contribution in [0, 0.1) is 6.92 Å². The molecule has 2 aromatic carbocycles. The predicted octanol–water partition coefficient (Wildman–Crippen LogP) is 4.40. The van der Waals surface area contributed by atoms with Crippen molar-refractivity contribution in [3.63, 3.8) is 0 Å². The van der Waals surface area contributed by atoms with E-state index in [-0.39, 0.29) is 14.2 Å². The monoisotopic (exact) mass is 251 g/mol. The summed E-state index contributed by atoms with van der Waals surface area (Å²) in [6.45, 7) is 9.38. The molecule has 0 bridgehead atoms. The van der Waals surface area contributed by atoms with Crippen LogP contribution >= 0.6 is 0 Å². The average molecular weight is 251 g/mol. The highest BCUT2D eigenvalue weighted by Crippen LogP contribution is 2.22. The maximum atomic E-state index is 9.81. The molecule has 2 rings (SSSR count). The zero-order valence-electron chi connectivity index (χ0n) is 11.9. The first kappa shape index (κ1) is 17.2. The smallest absolute Gasteiger partial charge is 0.129 e. The van der Waals surface area contributed by atoms with Crippen molar-refractivity contribution in [1.82, 2.24) is 0 Å². The van der Waals surface area contributed by atoms with Crippen LogP contribution in [0.3, 0.4) is 0 Å². The summed E-state index contributed by atoms with van der Waals surface area (Å²) >= 11 is 0. The molecule has 0 unspecified atom stereocenters. The van der Waals surface area contributed by atoms with Gasteiger partial charge in [-0.1, -0.05) is 56.0 Å². The van der Waals surface area contributed by atoms with E-state index in [1.807, 2.05) is 13.0 Å². The maximum absolute atomic E-state index is 9.81. The second-order valence-electron chi connectivity index (χ2n) is 4.28. The minimum absolute atomic E-state index is 0. The number of hydrogen-bond donors (Lipinski definition) is 0. The van der Waals surface area contributed by atoms with Crippen molar-refractivity contribution in [3.8, 4) is 0 Å². The van der Waals surface area contributed by atoms with E-state index in [9.17, 15) is 4.79 Å². The molecule has 0 aliphatic carbocycles. The molecule has 0 N–H and O–H groups in total. The van der Waals surface area contributed by atoms with E-state index in [4.69, 9.17) is 0 Å². The second-order valence-corrected chi connectivity index (χ2v) is 4.28. The highest BCUT2D eigenvalue weighted by Gasteiger charge is 1.98. The lowest BCUT2D eigenvalue weighted by Gasteiger charge is -2.04. The Morgan fingerprint density at radius 3 is 2.16 bits per heavy atom. The second kappa shape index (κ2) is 8.31. The lowest BCUT2D eigenvalue weighted by molar-refractivity contribution is -0.116. The molecule has 0 heterocycles. The van der Waals surface area contributed by atoms with Gasteiger partial charge in [0, 0.05) is 14.8 Å². The SMILES string of the molecule is C=Cc1ccc(C)c2ccccc12.CCC(C)=O.[B]. The van der Waals surface area contributed by atoms with E-state index in [2.05, 4.69) is 49.9 Å². The van der Waals surface area contributed by atoms with Crippen LogP contribution in [0.4, 0.5) is 0 Å². The molecular weight excluding hydrogens is 231 g/mol. The number of ketones is 1. The molecule has 0 saturated heterocycles. The van der Waals surface area contributed by atoms with Gasteiger partial charge in [0.15, 0.2) is 0 Å². The van der Waals surface area contributed by atoms with Gasteiger partial charge in [0.05, 0.1) is 0 Å². The molecule has 3 radical (unpaired) electrons. The molecule has 0 amide bonds. The average Bonchev–Trinajstić information content (AvgIpc) is 2.40. The molecular formula is C17H20BO. The topological polar surface area (TPSA) is 17.1 Å². The summed E-state index contributed by atoms with van der Waals surface area (Å²) in [4.78, 5) is 9.81. The van der Waals surface area contributed by atoms with Crippen LogP contribution in [0.2, 0.25) is 0 Å². The number of fused-ring (bicyclic) bond motifs is 1. The third-order valence-corrected chi connectivity index (χ3v) is 2.89. The van der Waals surface area contributed by atoms with Gasteiger partial charge in [0.1, 0.15) is 5.78 Å². The number of carbonyl (C=O) groups is 1. The van der Waals surface area contributed by atoms with E-state index >= 15 is 0 Å². The van der Waals surface area contributed by atoms with Gasteiger partial charge in [-0.2, -0.15) is 0 Å². The fraction of sp³-hybridized carbons (Fsp3) is 0.235. The Hall–Kier alpha value is -1.83. The molecule has 2 aromatic rings. The number of hydrogen-bond acceptors (Lipinski definition) is 1. The standard InChI is InChI=1S/C13H12.C4H8O.B/c1-3-11-9-8-10(2)12-6-4-5-7-13(11)12;1-3-4(2)5;/h3-9H,1H2,2H3;3H2,1-2H3;. The number of rotatable bonds is 2. The van der Waals surface area contributed by atoms with Crippen molar-refractivity contribution in [2.75, 3.05) is 0 Å². The van der Waals surface area contributed by atoms with Gasteiger partial charge < -0.3 is 4.79 Å². The van der Waals surface area contributed by atoms with Gasteiger partial charge in [0.2, 0.25) is 0 Å². The van der Waals surface area contributed by atoms with E-state index in [0.717, 1.165) is 0 Å². The van der Waals surface area contributed by atoms with E-state index in [0.29, 0.717) is 6.42 Å². The molecule has 0 spiro atoms. The lowest BCUT2D eigenvalue weighted by atomic mass is 10.0. The first-order chi connectivity index (χ1) is 8.60. The van der Waals surface area contributed by atoms with E-state index < -0.39 is 0 Å². The summed E-state index contributed by atoms with van der Waals surface area (Å²) in [5, 5.41) is 2.61. The summed E-state index contributed by atoms with van der Waals surface area (Å²) in [5.74, 6) is 0.255. The van der Waals surface area contributed by atoms with Crippen LogP contribution in [0.5, 0.6) is 0 Å². The molecule has 97 valence electrons. The third-order valence-electron chi connectivity index (χ3n) is 2.89. The molecule has 19 heavy (non-hydrogen) atoms. The van der Waals surface area contributed by atoms with Gasteiger partial charge in [-0.15, -0.1) is 0 Å². The predicted molar refractivity (Wildman–Crippen MR) is 85.5 cm³/mol. The maximum Gasteiger partial charge on any atom is 0.129 e. The fourth-order valence-corrected chi connectivity index (χ4v) is 1.65. The number of benzene rings is 2. The van der Waals surface area contributed by atoms with Crippen molar-refractivity contribution in [2.24, 2.45) is 0 Å². The molecule has 0 saturated carbocycles. The Labute approximate surface area is 117 Å². The van der Waals surface area contributed by atoms with Gasteiger partial charge in [-0.3, -0.25) is 0 Å². The Kier molecular flexibility index (Phi) is 7.51. The van der Waals surface area contributed by atoms with Crippen LogP contribution < -0.4 is 0 Å². The molecule has 0 atom stereocenters. The van der Waals surface area contributed by atoms with Gasteiger partial charge in [-0.05, 0) is 35.7 Å². The van der Waals surface area contributed by atoms with E-state index in [1.165, 1.54) is 21.9 Å². The first-order valence-electron chi connectivity index (χ1n) is 6.20. The van der Waals surface area contributed by atoms with Crippen molar-refractivity contribution in [1.29, 1.82) is 0 Å². The van der Waals surface area contributed by atoms with Crippen molar-refractivity contribution < 1.29 is 4.79 Å². The van der Waals surface area contributed by atoms with E-state index in [1.54, 1.807) is 6.92 Å². The van der Waals surface area contributed by atoms with Gasteiger partial charge in [-0.25, -0.2) is 0 Å². The highest BCUT2D eigenvalue weighted by atomic mass is 16.1.